The first-order valence-corrected chi connectivity index (χ1v) is 5.22. The molecular formula is C12H19ClN2O2. The molecule has 0 radical (unpaired) electrons. The fourth-order valence-electron chi connectivity index (χ4n) is 1.09. The zero-order valence-electron chi connectivity index (χ0n) is 10.1. The second-order valence-corrected chi connectivity index (χ2v) is 4.27. The van der Waals surface area contributed by atoms with Gasteiger partial charge in [-0.1, -0.05) is 30.3 Å². The lowest BCUT2D eigenvalue weighted by atomic mass is 10.1. The summed E-state index contributed by atoms with van der Waals surface area (Å²) >= 11 is 0. The van der Waals surface area contributed by atoms with Gasteiger partial charge < -0.3 is 15.8 Å². The van der Waals surface area contributed by atoms with Crippen LogP contribution in [-0.2, 0) is 11.3 Å². The molecule has 0 saturated carbocycles. The number of benzene rings is 1. The van der Waals surface area contributed by atoms with E-state index in [1.54, 1.807) is 0 Å². The first-order valence-electron chi connectivity index (χ1n) is 5.22. The number of halogens is 1. The highest BCUT2D eigenvalue weighted by Crippen LogP contribution is 2.03. The van der Waals surface area contributed by atoms with Gasteiger partial charge in [0.2, 0.25) is 0 Å². The maximum Gasteiger partial charge on any atom is 0.407 e. The predicted molar refractivity (Wildman–Crippen MR) is 70.1 cm³/mol. The number of nitrogens with one attached hydrogen (secondary N) is 1. The van der Waals surface area contributed by atoms with E-state index in [1.165, 1.54) is 0 Å². The van der Waals surface area contributed by atoms with Crippen LogP contribution in [0.5, 0.6) is 0 Å². The van der Waals surface area contributed by atoms with Gasteiger partial charge in [0.25, 0.3) is 0 Å². The van der Waals surface area contributed by atoms with Crippen molar-refractivity contribution in [1.29, 1.82) is 0 Å². The number of carbonyl (C=O) groups excluding carboxylic acids is 1. The van der Waals surface area contributed by atoms with Gasteiger partial charge in [-0.05, 0) is 19.4 Å². The fourth-order valence-corrected chi connectivity index (χ4v) is 1.09. The van der Waals surface area contributed by atoms with Crippen molar-refractivity contribution in [3.8, 4) is 0 Å². The average Bonchev–Trinajstić information content (AvgIpc) is 2.27. The molecule has 0 aromatic heterocycles. The zero-order valence-corrected chi connectivity index (χ0v) is 10.9. The first-order chi connectivity index (χ1) is 7.53. The van der Waals surface area contributed by atoms with Crippen molar-refractivity contribution in [2.24, 2.45) is 5.73 Å². The molecule has 1 aromatic carbocycles. The van der Waals surface area contributed by atoms with Crippen LogP contribution in [0.2, 0.25) is 0 Å². The van der Waals surface area contributed by atoms with Crippen molar-refractivity contribution in [3.63, 3.8) is 0 Å². The number of carbonyl (C=O) groups is 1. The molecule has 0 aliphatic rings. The smallest absolute Gasteiger partial charge is 0.407 e. The molecule has 1 rings (SSSR count). The predicted octanol–water partition coefficient (Wildman–Crippen LogP) is 2.07. The Morgan fingerprint density at radius 2 is 1.94 bits per heavy atom. The number of amides is 1. The van der Waals surface area contributed by atoms with Gasteiger partial charge >= 0.3 is 6.09 Å². The van der Waals surface area contributed by atoms with Crippen molar-refractivity contribution in [2.45, 2.75) is 26.0 Å². The molecule has 0 bridgehead atoms. The number of hydrogen-bond donors (Lipinski definition) is 2. The molecule has 0 saturated heterocycles. The minimum atomic E-state index is -0.445. The summed E-state index contributed by atoms with van der Waals surface area (Å²) < 4.78 is 5.06. The van der Waals surface area contributed by atoms with Gasteiger partial charge in [0.05, 0.1) is 0 Å². The molecule has 0 spiro atoms. The number of ether oxygens (including phenoxy) is 1. The molecule has 4 nitrogen and oxygen atoms in total. The summed E-state index contributed by atoms with van der Waals surface area (Å²) in [6.07, 6.45) is -0.445. The van der Waals surface area contributed by atoms with Crippen molar-refractivity contribution in [3.05, 3.63) is 35.9 Å². The molecular weight excluding hydrogens is 240 g/mol. The summed E-state index contributed by atoms with van der Waals surface area (Å²) in [6.45, 7) is 4.33. The third kappa shape index (κ3) is 6.14. The highest BCUT2D eigenvalue weighted by molar-refractivity contribution is 5.85. The van der Waals surface area contributed by atoms with E-state index in [9.17, 15) is 4.79 Å². The van der Waals surface area contributed by atoms with Crippen LogP contribution in [0.3, 0.4) is 0 Å². The topological polar surface area (TPSA) is 64.3 Å². The molecule has 0 atom stereocenters. The molecule has 1 amide bonds. The van der Waals surface area contributed by atoms with E-state index in [4.69, 9.17) is 10.5 Å². The fraction of sp³-hybridized carbons (Fsp3) is 0.417. The van der Waals surface area contributed by atoms with Gasteiger partial charge in [-0.2, -0.15) is 0 Å². The zero-order chi connectivity index (χ0) is 12.0. The number of alkyl carbamates (subject to hydrolysis) is 1. The van der Waals surface area contributed by atoms with Crippen LogP contribution in [0.25, 0.3) is 0 Å². The van der Waals surface area contributed by atoms with E-state index in [0.717, 1.165) is 5.56 Å². The molecule has 17 heavy (non-hydrogen) atoms. The van der Waals surface area contributed by atoms with Crippen molar-refractivity contribution in [2.75, 3.05) is 6.54 Å². The molecule has 3 N–H and O–H groups in total. The van der Waals surface area contributed by atoms with E-state index in [1.807, 2.05) is 44.2 Å². The Balaban J connectivity index is 0.00000256. The summed E-state index contributed by atoms with van der Waals surface area (Å²) in [6, 6.07) is 9.53. The third-order valence-electron chi connectivity index (χ3n) is 2.16. The van der Waals surface area contributed by atoms with Crippen LogP contribution in [-0.4, -0.2) is 18.2 Å². The van der Waals surface area contributed by atoms with Gasteiger partial charge in [-0.25, -0.2) is 4.79 Å². The molecule has 0 fully saturated rings. The summed E-state index contributed by atoms with van der Waals surface area (Å²) in [5.74, 6) is 0. The average molecular weight is 259 g/mol. The molecule has 0 unspecified atom stereocenters. The lowest BCUT2D eigenvalue weighted by molar-refractivity contribution is 0.130. The summed E-state index contributed by atoms with van der Waals surface area (Å²) in [5.41, 5.74) is 6.02. The Kier molecular flexibility index (Phi) is 6.61. The Morgan fingerprint density at radius 1 is 1.35 bits per heavy atom. The lowest BCUT2D eigenvalue weighted by Gasteiger charge is -2.23. The summed E-state index contributed by atoms with van der Waals surface area (Å²) in [7, 11) is 0. The monoisotopic (exact) mass is 258 g/mol. The first kappa shape index (κ1) is 15.7. The highest BCUT2D eigenvalue weighted by Gasteiger charge is 2.18. The lowest BCUT2D eigenvalue weighted by Crippen LogP contribution is -2.48. The quantitative estimate of drug-likeness (QED) is 0.869. The van der Waals surface area contributed by atoms with E-state index in [2.05, 4.69) is 5.32 Å². The third-order valence-corrected chi connectivity index (χ3v) is 2.16. The molecule has 5 heteroatoms. The van der Waals surface area contributed by atoms with Crippen molar-refractivity contribution >= 4 is 18.5 Å². The minimum absolute atomic E-state index is 0. The van der Waals surface area contributed by atoms with Crippen molar-refractivity contribution in [1.82, 2.24) is 5.32 Å². The van der Waals surface area contributed by atoms with Gasteiger partial charge in [0.1, 0.15) is 6.61 Å². The van der Waals surface area contributed by atoms with Crippen LogP contribution < -0.4 is 11.1 Å². The van der Waals surface area contributed by atoms with Crippen molar-refractivity contribution < 1.29 is 9.53 Å². The van der Waals surface area contributed by atoms with Gasteiger partial charge in [-0.3, -0.25) is 0 Å². The Morgan fingerprint density at radius 3 is 2.47 bits per heavy atom. The van der Waals surface area contributed by atoms with E-state index < -0.39 is 11.6 Å². The van der Waals surface area contributed by atoms with Gasteiger partial charge in [0, 0.05) is 12.1 Å². The molecule has 0 aliphatic carbocycles. The van der Waals surface area contributed by atoms with Gasteiger partial charge in [0.15, 0.2) is 0 Å². The van der Waals surface area contributed by atoms with Crippen LogP contribution >= 0.6 is 12.4 Å². The SMILES string of the molecule is CC(C)(CN)NC(=O)OCc1ccccc1.Cl. The van der Waals surface area contributed by atoms with Crippen LogP contribution in [0, 0.1) is 0 Å². The maximum atomic E-state index is 11.4. The van der Waals surface area contributed by atoms with Crippen LogP contribution in [0.15, 0.2) is 30.3 Å². The number of nitrogens with two attached hydrogens (primary N) is 1. The summed E-state index contributed by atoms with van der Waals surface area (Å²) in [5, 5.41) is 2.69. The molecule has 0 aliphatic heterocycles. The normalized spacial score (nSPS) is 10.3. The number of hydrogen-bond acceptors (Lipinski definition) is 3. The van der Waals surface area contributed by atoms with Crippen LogP contribution in [0.1, 0.15) is 19.4 Å². The number of rotatable bonds is 4. The Hall–Kier alpha value is -1.26. The van der Waals surface area contributed by atoms with E-state index >= 15 is 0 Å². The Labute approximate surface area is 108 Å². The standard InChI is InChI=1S/C12H18N2O2.ClH/c1-12(2,9-13)14-11(15)16-8-10-6-4-3-5-7-10;/h3-7H,8-9,13H2,1-2H3,(H,14,15);1H. The maximum absolute atomic E-state index is 11.4. The van der Waals surface area contributed by atoms with Crippen LogP contribution in [0.4, 0.5) is 4.79 Å². The van der Waals surface area contributed by atoms with E-state index in [-0.39, 0.29) is 19.0 Å². The second-order valence-electron chi connectivity index (χ2n) is 4.27. The largest absolute Gasteiger partial charge is 0.445 e. The molecule has 1 aromatic rings. The van der Waals surface area contributed by atoms with Gasteiger partial charge in [-0.15, -0.1) is 12.4 Å². The minimum Gasteiger partial charge on any atom is -0.445 e. The highest BCUT2D eigenvalue weighted by atomic mass is 35.5. The molecule has 96 valence electrons. The summed E-state index contributed by atoms with van der Waals surface area (Å²) in [4.78, 5) is 11.4. The molecule has 0 heterocycles. The Bertz CT molecular complexity index is 342. The second kappa shape index (κ2) is 7.14. The van der Waals surface area contributed by atoms with E-state index in [0.29, 0.717) is 6.54 Å².